The van der Waals surface area contributed by atoms with Gasteiger partial charge in [0.1, 0.15) is 5.82 Å². The van der Waals surface area contributed by atoms with Crippen LogP contribution in [0.3, 0.4) is 0 Å². The maximum atomic E-state index is 13.8. The Morgan fingerprint density at radius 1 is 1.17 bits per heavy atom. The molecule has 1 N–H and O–H groups in total. The lowest BCUT2D eigenvalue weighted by Gasteiger charge is -2.29. The van der Waals surface area contributed by atoms with Crippen LogP contribution in [-0.2, 0) is 6.54 Å². The largest absolute Gasteiger partial charge is 0.322 e. The van der Waals surface area contributed by atoms with Crippen molar-refractivity contribution in [3.05, 3.63) is 66.0 Å². The average molecular weight is 312 g/mol. The third-order valence-electron chi connectivity index (χ3n) is 4.37. The van der Waals surface area contributed by atoms with Gasteiger partial charge in [-0.05, 0) is 43.4 Å². The second-order valence-electron chi connectivity index (χ2n) is 6.10. The minimum absolute atomic E-state index is 0.141. The van der Waals surface area contributed by atoms with E-state index in [1.807, 2.05) is 30.3 Å². The van der Waals surface area contributed by atoms with E-state index in [4.69, 9.17) is 0 Å². The molecular formula is C19H21FN2O. The molecule has 2 aromatic carbocycles. The van der Waals surface area contributed by atoms with Gasteiger partial charge in [-0.2, -0.15) is 0 Å². The van der Waals surface area contributed by atoms with Crippen LogP contribution in [0.5, 0.6) is 0 Å². The van der Waals surface area contributed by atoms with Crippen molar-refractivity contribution in [3.63, 3.8) is 0 Å². The molecule has 1 aliphatic rings. The zero-order valence-electron chi connectivity index (χ0n) is 13.2. The van der Waals surface area contributed by atoms with Crippen molar-refractivity contribution in [1.82, 2.24) is 4.90 Å². The van der Waals surface area contributed by atoms with Crippen molar-refractivity contribution in [1.29, 1.82) is 0 Å². The fraction of sp³-hybridized carbons (Fsp3) is 0.316. The van der Waals surface area contributed by atoms with E-state index in [9.17, 15) is 9.18 Å². The number of nitrogens with one attached hydrogen (secondary N) is 1. The second-order valence-corrected chi connectivity index (χ2v) is 6.10. The standard InChI is InChI=1S/C19H21FN2O/c1-14(16-11-12-16)22(13-15-7-3-2-4-8-15)19(23)21-18-10-6-5-9-17(18)20/h2-10,14,16H,11-13H2,1H3,(H,21,23). The highest BCUT2D eigenvalue weighted by atomic mass is 19.1. The van der Waals surface area contributed by atoms with Crippen LogP contribution >= 0.6 is 0 Å². The van der Waals surface area contributed by atoms with Gasteiger partial charge in [0.15, 0.2) is 0 Å². The Labute approximate surface area is 136 Å². The number of carbonyl (C=O) groups is 1. The number of hydrogen-bond acceptors (Lipinski definition) is 1. The molecule has 0 saturated heterocycles. The molecule has 2 aromatic rings. The molecule has 2 amide bonds. The molecule has 1 unspecified atom stereocenters. The number of halogens is 1. The van der Waals surface area contributed by atoms with Crippen LogP contribution in [0.4, 0.5) is 14.9 Å². The summed E-state index contributed by atoms with van der Waals surface area (Å²) in [5.41, 5.74) is 1.29. The maximum absolute atomic E-state index is 13.8. The maximum Gasteiger partial charge on any atom is 0.322 e. The topological polar surface area (TPSA) is 32.3 Å². The summed E-state index contributed by atoms with van der Waals surface area (Å²) in [7, 11) is 0. The van der Waals surface area contributed by atoms with Gasteiger partial charge in [0, 0.05) is 12.6 Å². The molecule has 0 spiro atoms. The summed E-state index contributed by atoms with van der Waals surface area (Å²) in [6.07, 6.45) is 2.30. The first-order valence-electron chi connectivity index (χ1n) is 8.01. The van der Waals surface area contributed by atoms with E-state index in [1.165, 1.54) is 6.07 Å². The van der Waals surface area contributed by atoms with Gasteiger partial charge >= 0.3 is 6.03 Å². The van der Waals surface area contributed by atoms with Gasteiger partial charge in [-0.1, -0.05) is 42.5 Å². The lowest BCUT2D eigenvalue weighted by molar-refractivity contribution is 0.180. The molecule has 3 rings (SSSR count). The quantitative estimate of drug-likeness (QED) is 0.855. The van der Waals surface area contributed by atoms with Crippen molar-refractivity contribution in [2.24, 2.45) is 5.92 Å². The Morgan fingerprint density at radius 3 is 2.48 bits per heavy atom. The van der Waals surface area contributed by atoms with Crippen molar-refractivity contribution >= 4 is 11.7 Å². The van der Waals surface area contributed by atoms with Crippen molar-refractivity contribution < 1.29 is 9.18 Å². The molecule has 1 saturated carbocycles. The average Bonchev–Trinajstić information content (AvgIpc) is 3.40. The summed E-state index contributed by atoms with van der Waals surface area (Å²) in [5.74, 6) is 0.129. The molecule has 3 nitrogen and oxygen atoms in total. The number of anilines is 1. The van der Waals surface area contributed by atoms with Crippen molar-refractivity contribution in [3.8, 4) is 0 Å². The molecule has 0 radical (unpaired) electrons. The minimum Gasteiger partial charge on any atom is -0.317 e. The van der Waals surface area contributed by atoms with E-state index in [0.29, 0.717) is 12.5 Å². The molecule has 4 heteroatoms. The molecule has 0 bridgehead atoms. The number of para-hydroxylation sites is 1. The van der Waals surface area contributed by atoms with Gasteiger partial charge in [0.05, 0.1) is 5.69 Å². The van der Waals surface area contributed by atoms with E-state index < -0.39 is 5.82 Å². The van der Waals surface area contributed by atoms with Gasteiger partial charge in [0.2, 0.25) is 0 Å². The number of benzene rings is 2. The Morgan fingerprint density at radius 2 is 1.83 bits per heavy atom. The number of amides is 2. The third-order valence-corrected chi connectivity index (χ3v) is 4.37. The van der Waals surface area contributed by atoms with Crippen LogP contribution in [0, 0.1) is 11.7 Å². The summed E-state index contributed by atoms with van der Waals surface area (Å²) < 4.78 is 13.8. The van der Waals surface area contributed by atoms with Crippen LogP contribution < -0.4 is 5.32 Å². The number of carbonyl (C=O) groups excluding carboxylic acids is 1. The van der Waals surface area contributed by atoms with Crippen LogP contribution in [0.2, 0.25) is 0 Å². The second kappa shape index (κ2) is 6.82. The highest BCUT2D eigenvalue weighted by Gasteiger charge is 2.34. The zero-order valence-corrected chi connectivity index (χ0v) is 13.2. The molecule has 120 valence electrons. The molecule has 0 aliphatic heterocycles. The lowest BCUT2D eigenvalue weighted by Crippen LogP contribution is -2.42. The molecule has 0 heterocycles. The Hall–Kier alpha value is -2.36. The number of nitrogens with zero attached hydrogens (tertiary/aromatic N) is 1. The first-order valence-corrected chi connectivity index (χ1v) is 8.01. The SMILES string of the molecule is CC(C1CC1)N(Cc1ccccc1)C(=O)Nc1ccccc1F. The normalized spacial score (nSPS) is 15.0. The molecule has 1 fully saturated rings. The highest BCUT2D eigenvalue weighted by Crippen LogP contribution is 2.36. The van der Waals surface area contributed by atoms with Gasteiger partial charge < -0.3 is 10.2 Å². The Balaban J connectivity index is 1.77. The van der Waals surface area contributed by atoms with E-state index >= 15 is 0 Å². The van der Waals surface area contributed by atoms with Crippen LogP contribution in [0.1, 0.15) is 25.3 Å². The highest BCUT2D eigenvalue weighted by molar-refractivity contribution is 5.89. The van der Waals surface area contributed by atoms with Crippen LogP contribution in [0.15, 0.2) is 54.6 Å². The number of hydrogen-bond donors (Lipinski definition) is 1. The van der Waals surface area contributed by atoms with E-state index in [-0.39, 0.29) is 17.8 Å². The summed E-state index contributed by atoms with van der Waals surface area (Å²) in [5, 5.41) is 2.71. The molecular weight excluding hydrogens is 291 g/mol. The monoisotopic (exact) mass is 312 g/mol. The predicted molar refractivity (Wildman–Crippen MR) is 89.6 cm³/mol. The molecule has 0 aromatic heterocycles. The minimum atomic E-state index is -0.417. The summed E-state index contributed by atoms with van der Waals surface area (Å²) in [6.45, 7) is 2.60. The first-order chi connectivity index (χ1) is 11.1. The van der Waals surface area contributed by atoms with E-state index in [0.717, 1.165) is 18.4 Å². The number of rotatable bonds is 5. The summed E-state index contributed by atoms with van der Waals surface area (Å²) >= 11 is 0. The molecule has 23 heavy (non-hydrogen) atoms. The summed E-state index contributed by atoms with van der Waals surface area (Å²) in [4.78, 5) is 14.5. The van der Waals surface area contributed by atoms with Gasteiger partial charge in [-0.15, -0.1) is 0 Å². The van der Waals surface area contributed by atoms with E-state index in [1.54, 1.807) is 23.1 Å². The molecule has 1 atom stereocenters. The smallest absolute Gasteiger partial charge is 0.317 e. The van der Waals surface area contributed by atoms with Crippen LogP contribution in [-0.4, -0.2) is 17.0 Å². The van der Waals surface area contributed by atoms with Crippen molar-refractivity contribution in [2.45, 2.75) is 32.4 Å². The fourth-order valence-corrected chi connectivity index (χ4v) is 2.76. The number of urea groups is 1. The Bertz CT molecular complexity index is 670. The Kier molecular flexibility index (Phi) is 4.60. The fourth-order valence-electron chi connectivity index (χ4n) is 2.76. The first kappa shape index (κ1) is 15.5. The predicted octanol–water partition coefficient (Wildman–Crippen LogP) is 4.66. The third kappa shape index (κ3) is 3.89. The van der Waals surface area contributed by atoms with Crippen LogP contribution in [0.25, 0.3) is 0 Å². The van der Waals surface area contributed by atoms with Gasteiger partial charge in [-0.3, -0.25) is 0 Å². The summed E-state index contributed by atoms with van der Waals surface area (Å²) in [6, 6.07) is 16.0. The molecule has 1 aliphatic carbocycles. The lowest BCUT2D eigenvalue weighted by atomic mass is 10.1. The van der Waals surface area contributed by atoms with E-state index in [2.05, 4.69) is 12.2 Å². The van der Waals surface area contributed by atoms with Gasteiger partial charge in [-0.25, -0.2) is 9.18 Å². The van der Waals surface area contributed by atoms with Crippen molar-refractivity contribution in [2.75, 3.05) is 5.32 Å². The zero-order chi connectivity index (χ0) is 16.2. The van der Waals surface area contributed by atoms with Gasteiger partial charge in [0.25, 0.3) is 0 Å².